The van der Waals surface area contributed by atoms with Crippen molar-refractivity contribution in [2.75, 3.05) is 20.2 Å². The number of nitrogens with zero attached hydrogens (tertiary/aromatic N) is 2. The monoisotopic (exact) mass is 294 g/mol. The average molecular weight is 294 g/mol. The molecule has 2 rings (SSSR count). The molecule has 7 heteroatoms. The molecule has 1 heterocycles. The summed E-state index contributed by atoms with van der Waals surface area (Å²) in [5.74, 6) is -0.744. The number of carbonyl (C=O) groups is 1. The highest BCUT2D eigenvalue weighted by molar-refractivity contribution is 5.70. The van der Waals surface area contributed by atoms with Gasteiger partial charge in [-0.15, -0.1) is 0 Å². The van der Waals surface area contributed by atoms with E-state index in [0.717, 1.165) is 5.56 Å². The first-order valence-electron chi connectivity index (χ1n) is 6.68. The van der Waals surface area contributed by atoms with E-state index in [9.17, 15) is 14.9 Å². The molecule has 1 aromatic carbocycles. The second-order valence-electron chi connectivity index (χ2n) is 5.34. The lowest BCUT2D eigenvalue weighted by atomic mass is 9.87. The van der Waals surface area contributed by atoms with E-state index in [2.05, 4.69) is 4.90 Å². The van der Waals surface area contributed by atoms with Crippen molar-refractivity contribution in [1.29, 1.82) is 0 Å². The smallest absolute Gasteiger partial charge is 0.311 e. The molecule has 114 valence electrons. The first-order chi connectivity index (χ1) is 9.92. The van der Waals surface area contributed by atoms with Crippen LogP contribution in [-0.2, 0) is 11.3 Å². The summed E-state index contributed by atoms with van der Waals surface area (Å²) in [5, 5.41) is 19.9. The lowest BCUT2D eigenvalue weighted by Crippen LogP contribution is -2.50. The number of carboxylic acids is 1. The van der Waals surface area contributed by atoms with Crippen LogP contribution < -0.4 is 4.74 Å². The molecule has 0 aromatic heterocycles. The molecule has 0 amide bonds. The zero-order valence-electron chi connectivity index (χ0n) is 12.0. The fraction of sp³-hybridized carbons (Fsp3) is 0.500. The van der Waals surface area contributed by atoms with Crippen LogP contribution in [0.3, 0.4) is 0 Å². The molecule has 0 saturated carbocycles. The quantitative estimate of drug-likeness (QED) is 0.634. The standard InChI is InChI=1S/C14H18N2O5/c1-9(14(17)18)11-7-15(8-11)6-10-3-4-13(21-2)12(5-10)16(19)20/h3-5,9,11H,6-8H2,1-2H3,(H,17,18). The van der Waals surface area contributed by atoms with Gasteiger partial charge in [0.15, 0.2) is 5.75 Å². The maximum atomic E-state index is 11.0. The zero-order chi connectivity index (χ0) is 15.6. The molecule has 1 aliphatic heterocycles. The van der Waals surface area contributed by atoms with E-state index < -0.39 is 10.9 Å². The predicted molar refractivity (Wildman–Crippen MR) is 75.2 cm³/mol. The molecule has 1 aromatic rings. The molecule has 1 aliphatic rings. The third-order valence-corrected chi connectivity index (χ3v) is 3.93. The number of hydrogen-bond acceptors (Lipinski definition) is 5. The summed E-state index contributed by atoms with van der Waals surface area (Å²) in [6.45, 7) is 3.69. The fourth-order valence-electron chi connectivity index (χ4n) is 2.49. The number of rotatable bonds is 6. The van der Waals surface area contributed by atoms with Gasteiger partial charge in [-0.3, -0.25) is 19.8 Å². The van der Waals surface area contributed by atoms with Crippen molar-refractivity contribution in [3.8, 4) is 5.75 Å². The number of methoxy groups -OCH3 is 1. The molecule has 0 spiro atoms. The van der Waals surface area contributed by atoms with Gasteiger partial charge in [0.1, 0.15) is 0 Å². The molecule has 1 N–H and O–H groups in total. The summed E-state index contributed by atoms with van der Waals surface area (Å²) in [4.78, 5) is 23.5. The van der Waals surface area contributed by atoms with Gasteiger partial charge in [0.25, 0.3) is 0 Å². The summed E-state index contributed by atoms with van der Waals surface area (Å²) in [6.07, 6.45) is 0. The summed E-state index contributed by atoms with van der Waals surface area (Å²) in [7, 11) is 1.40. The van der Waals surface area contributed by atoms with Crippen molar-refractivity contribution < 1.29 is 19.6 Å². The minimum atomic E-state index is -0.778. The van der Waals surface area contributed by atoms with Crippen LogP contribution in [0, 0.1) is 22.0 Å². The molecule has 1 saturated heterocycles. The Bertz CT molecular complexity index is 554. The number of likely N-dealkylation sites (tertiary alicyclic amines) is 1. The van der Waals surface area contributed by atoms with E-state index >= 15 is 0 Å². The first-order valence-corrected chi connectivity index (χ1v) is 6.68. The Morgan fingerprint density at radius 2 is 2.24 bits per heavy atom. The molecule has 21 heavy (non-hydrogen) atoms. The Kier molecular flexibility index (Phi) is 4.42. The molecule has 0 radical (unpaired) electrons. The van der Waals surface area contributed by atoms with Crippen molar-refractivity contribution >= 4 is 11.7 Å². The highest BCUT2D eigenvalue weighted by Gasteiger charge is 2.34. The Balaban J connectivity index is 1.98. The van der Waals surface area contributed by atoms with Gasteiger partial charge in [0.2, 0.25) is 0 Å². The van der Waals surface area contributed by atoms with Crippen LogP contribution >= 0.6 is 0 Å². The number of carboxylic acid groups (broad SMARTS) is 1. The van der Waals surface area contributed by atoms with Crippen LogP contribution in [0.2, 0.25) is 0 Å². The fourth-order valence-corrected chi connectivity index (χ4v) is 2.49. The average Bonchev–Trinajstić information content (AvgIpc) is 2.41. The zero-order valence-corrected chi connectivity index (χ0v) is 12.0. The Hall–Kier alpha value is -2.15. The molecule has 0 aliphatic carbocycles. The molecule has 1 unspecified atom stereocenters. The Morgan fingerprint density at radius 3 is 2.76 bits per heavy atom. The predicted octanol–water partition coefficient (Wildman–Crippen LogP) is 1.76. The maximum absolute atomic E-state index is 11.0. The highest BCUT2D eigenvalue weighted by atomic mass is 16.6. The van der Waals surface area contributed by atoms with Gasteiger partial charge < -0.3 is 9.84 Å². The van der Waals surface area contributed by atoms with E-state index in [-0.39, 0.29) is 23.3 Å². The molecular formula is C14H18N2O5. The molecule has 1 atom stereocenters. The summed E-state index contributed by atoms with van der Waals surface area (Å²) < 4.78 is 4.96. The van der Waals surface area contributed by atoms with Gasteiger partial charge in [-0.05, 0) is 17.5 Å². The van der Waals surface area contributed by atoms with Gasteiger partial charge in [-0.1, -0.05) is 13.0 Å². The van der Waals surface area contributed by atoms with Crippen molar-refractivity contribution in [2.24, 2.45) is 11.8 Å². The normalized spacial score (nSPS) is 17.0. The number of benzene rings is 1. The minimum absolute atomic E-state index is 0.0500. The second-order valence-corrected chi connectivity index (χ2v) is 5.34. The number of hydrogen-bond donors (Lipinski definition) is 1. The van der Waals surface area contributed by atoms with Gasteiger partial charge in [-0.25, -0.2) is 0 Å². The largest absolute Gasteiger partial charge is 0.490 e. The van der Waals surface area contributed by atoms with Gasteiger partial charge in [0, 0.05) is 25.7 Å². The molecule has 1 fully saturated rings. The van der Waals surface area contributed by atoms with Crippen LogP contribution in [0.4, 0.5) is 5.69 Å². The highest BCUT2D eigenvalue weighted by Crippen LogP contribution is 2.30. The number of nitro groups is 1. The van der Waals surface area contributed by atoms with Crippen molar-refractivity contribution in [2.45, 2.75) is 13.5 Å². The lowest BCUT2D eigenvalue weighted by Gasteiger charge is -2.41. The van der Waals surface area contributed by atoms with Crippen LogP contribution in [0.15, 0.2) is 18.2 Å². The minimum Gasteiger partial charge on any atom is -0.490 e. The van der Waals surface area contributed by atoms with Crippen molar-refractivity contribution in [3.05, 3.63) is 33.9 Å². The topological polar surface area (TPSA) is 92.9 Å². The van der Waals surface area contributed by atoms with Crippen LogP contribution in [0.25, 0.3) is 0 Å². The Morgan fingerprint density at radius 1 is 1.57 bits per heavy atom. The second kappa shape index (κ2) is 6.09. The summed E-state index contributed by atoms with van der Waals surface area (Å²) in [6, 6.07) is 4.89. The van der Waals surface area contributed by atoms with E-state index in [1.54, 1.807) is 19.1 Å². The van der Waals surface area contributed by atoms with E-state index in [1.807, 2.05) is 0 Å². The van der Waals surface area contributed by atoms with Crippen LogP contribution in [0.5, 0.6) is 5.75 Å². The van der Waals surface area contributed by atoms with E-state index in [1.165, 1.54) is 13.2 Å². The Labute approximate surface area is 122 Å². The SMILES string of the molecule is COc1ccc(CN2CC(C(C)C(=O)O)C2)cc1[N+](=O)[O-]. The number of nitro benzene ring substituents is 1. The van der Waals surface area contributed by atoms with Gasteiger partial charge in [0.05, 0.1) is 18.0 Å². The third-order valence-electron chi connectivity index (χ3n) is 3.93. The summed E-state index contributed by atoms with van der Waals surface area (Å²) >= 11 is 0. The molecular weight excluding hydrogens is 276 g/mol. The van der Waals surface area contributed by atoms with E-state index in [0.29, 0.717) is 19.6 Å². The summed E-state index contributed by atoms with van der Waals surface area (Å²) in [5.41, 5.74) is 0.773. The van der Waals surface area contributed by atoms with Gasteiger partial charge in [-0.2, -0.15) is 0 Å². The molecule has 7 nitrogen and oxygen atoms in total. The van der Waals surface area contributed by atoms with Crippen LogP contribution in [-0.4, -0.2) is 41.1 Å². The van der Waals surface area contributed by atoms with Crippen LogP contribution in [0.1, 0.15) is 12.5 Å². The van der Waals surface area contributed by atoms with E-state index in [4.69, 9.17) is 9.84 Å². The number of ether oxygens (including phenoxy) is 1. The maximum Gasteiger partial charge on any atom is 0.311 e. The van der Waals surface area contributed by atoms with Crippen molar-refractivity contribution in [3.63, 3.8) is 0 Å². The molecule has 0 bridgehead atoms. The third kappa shape index (κ3) is 3.30. The first kappa shape index (κ1) is 15.2. The lowest BCUT2D eigenvalue weighted by molar-refractivity contribution is -0.385. The number of aliphatic carboxylic acids is 1. The van der Waals surface area contributed by atoms with Crippen molar-refractivity contribution in [1.82, 2.24) is 4.90 Å². The van der Waals surface area contributed by atoms with Gasteiger partial charge >= 0.3 is 11.7 Å².